The van der Waals surface area contributed by atoms with Gasteiger partial charge in [0.05, 0.1) is 0 Å². The minimum atomic E-state index is 0.986. The molecule has 2 nitrogen and oxygen atoms in total. The Morgan fingerprint density at radius 3 is 2.25 bits per heavy atom. The van der Waals surface area contributed by atoms with Gasteiger partial charge < -0.3 is 5.32 Å². The molecule has 0 amide bonds. The zero-order valence-corrected chi connectivity index (χ0v) is 8.65. The number of hydrogen-bond acceptors (Lipinski definition) is 2. The molecular formula is C10H20N2. The molecule has 70 valence electrons. The Hall–Kier alpha value is -0.790. The van der Waals surface area contributed by atoms with Crippen LogP contribution in [-0.2, 0) is 0 Å². The van der Waals surface area contributed by atoms with Crippen molar-refractivity contribution in [2.45, 2.75) is 33.6 Å². The largest absolute Gasteiger partial charge is 0.389 e. The van der Waals surface area contributed by atoms with E-state index in [0.29, 0.717) is 0 Å². The van der Waals surface area contributed by atoms with Gasteiger partial charge in [0.25, 0.3) is 0 Å². The van der Waals surface area contributed by atoms with Gasteiger partial charge in [0.2, 0.25) is 0 Å². The predicted molar refractivity (Wildman–Crippen MR) is 55.7 cm³/mol. The first-order chi connectivity index (χ1) is 5.78. The van der Waals surface area contributed by atoms with Gasteiger partial charge in [0.15, 0.2) is 0 Å². The Morgan fingerprint density at radius 2 is 1.92 bits per heavy atom. The maximum absolute atomic E-state index is 4.18. The first kappa shape index (κ1) is 11.2. The van der Waals surface area contributed by atoms with Gasteiger partial charge in [-0.3, -0.25) is 4.99 Å². The van der Waals surface area contributed by atoms with Gasteiger partial charge in [-0.15, -0.1) is 0 Å². The van der Waals surface area contributed by atoms with Crippen LogP contribution in [0.1, 0.15) is 33.6 Å². The number of nitrogens with one attached hydrogen (secondary N) is 1. The first-order valence-electron chi connectivity index (χ1n) is 4.68. The van der Waals surface area contributed by atoms with Crippen LogP contribution < -0.4 is 5.32 Å². The molecule has 0 aromatic heterocycles. The summed E-state index contributed by atoms with van der Waals surface area (Å²) >= 11 is 0. The van der Waals surface area contributed by atoms with Crippen molar-refractivity contribution in [1.29, 1.82) is 0 Å². The SMILES string of the molecule is CCNC(=CC(CC)=NC)CC. The molecule has 0 heterocycles. The van der Waals surface area contributed by atoms with E-state index in [1.807, 2.05) is 7.05 Å². The Morgan fingerprint density at radius 1 is 1.25 bits per heavy atom. The average molecular weight is 168 g/mol. The van der Waals surface area contributed by atoms with Crippen molar-refractivity contribution in [2.24, 2.45) is 4.99 Å². The van der Waals surface area contributed by atoms with Crippen molar-refractivity contribution in [3.05, 3.63) is 11.8 Å². The summed E-state index contributed by atoms with van der Waals surface area (Å²) in [6.07, 6.45) is 4.20. The summed E-state index contributed by atoms with van der Waals surface area (Å²) < 4.78 is 0. The molecule has 12 heavy (non-hydrogen) atoms. The molecule has 2 heteroatoms. The van der Waals surface area contributed by atoms with Gasteiger partial charge in [0, 0.05) is 25.0 Å². The normalized spacial score (nSPS) is 13.3. The molecule has 0 rings (SSSR count). The number of hydrogen-bond donors (Lipinski definition) is 1. The minimum absolute atomic E-state index is 0.986. The van der Waals surface area contributed by atoms with E-state index in [-0.39, 0.29) is 0 Å². The number of allylic oxidation sites excluding steroid dienone is 2. The Kier molecular flexibility index (Phi) is 6.44. The van der Waals surface area contributed by atoms with Crippen LogP contribution in [0.15, 0.2) is 16.8 Å². The van der Waals surface area contributed by atoms with Crippen molar-refractivity contribution in [3.63, 3.8) is 0 Å². The molecule has 0 bridgehead atoms. The van der Waals surface area contributed by atoms with Crippen LogP contribution >= 0.6 is 0 Å². The van der Waals surface area contributed by atoms with E-state index in [0.717, 1.165) is 25.1 Å². The van der Waals surface area contributed by atoms with Crippen LogP contribution in [0.5, 0.6) is 0 Å². The summed E-state index contributed by atoms with van der Waals surface area (Å²) in [6.45, 7) is 7.37. The van der Waals surface area contributed by atoms with Crippen molar-refractivity contribution < 1.29 is 0 Å². The monoisotopic (exact) mass is 168 g/mol. The molecule has 0 aliphatic carbocycles. The first-order valence-corrected chi connectivity index (χ1v) is 4.68. The lowest BCUT2D eigenvalue weighted by Gasteiger charge is -2.06. The zero-order chi connectivity index (χ0) is 9.40. The van der Waals surface area contributed by atoms with Gasteiger partial charge in [-0.1, -0.05) is 13.8 Å². The number of nitrogens with zero attached hydrogens (tertiary/aromatic N) is 1. The quantitative estimate of drug-likeness (QED) is 0.626. The second-order valence-corrected chi connectivity index (χ2v) is 2.62. The molecule has 0 fully saturated rings. The Labute approximate surface area is 75.8 Å². The molecule has 0 aromatic carbocycles. The van der Waals surface area contributed by atoms with Crippen molar-refractivity contribution in [2.75, 3.05) is 13.6 Å². The lowest BCUT2D eigenvalue weighted by molar-refractivity contribution is 0.808. The maximum atomic E-state index is 4.18. The molecule has 1 N–H and O–H groups in total. The van der Waals surface area contributed by atoms with Crippen LogP contribution in [0, 0.1) is 0 Å². The molecular weight excluding hydrogens is 148 g/mol. The lowest BCUT2D eigenvalue weighted by Crippen LogP contribution is -2.12. The topological polar surface area (TPSA) is 24.4 Å². The van der Waals surface area contributed by atoms with Crippen molar-refractivity contribution in [1.82, 2.24) is 5.32 Å². The fourth-order valence-corrected chi connectivity index (χ4v) is 1.03. The molecule has 0 saturated heterocycles. The molecule has 0 aliphatic rings. The maximum Gasteiger partial charge on any atom is 0.0359 e. The van der Waals surface area contributed by atoms with E-state index >= 15 is 0 Å². The third-order valence-electron chi connectivity index (χ3n) is 1.78. The van der Waals surface area contributed by atoms with Gasteiger partial charge in [-0.2, -0.15) is 0 Å². The van der Waals surface area contributed by atoms with Gasteiger partial charge >= 0.3 is 0 Å². The van der Waals surface area contributed by atoms with E-state index in [9.17, 15) is 0 Å². The summed E-state index contributed by atoms with van der Waals surface area (Å²) in [7, 11) is 1.84. The molecule has 0 radical (unpaired) electrons. The van der Waals surface area contributed by atoms with E-state index in [2.05, 4.69) is 37.2 Å². The highest BCUT2D eigenvalue weighted by Crippen LogP contribution is 1.98. The Bertz CT molecular complexity index is 169. The second kappa shape index (κ2) is 6.89. The summed E-state index contributed by atoms with van der Waals surface area (Å²) in [5.41, 5.74) is 2.44. The molecule has 0 aliphatic heterocycles. The van der Waals surface area contributed by atoms with E-state index in [1.54, 1.807) is 0 Å². The molecule has 0 unspecified atom stereocenters. The highest BCUT2D eigenvalue weighted by atomic mass is 14.9. The zero-order valence-electron chi connectivity index (χ0n) is 8.65. The summed E-state index contributed by atoms with van der Waals surface area (Å²) in [5, 5.41) is 3.31. The number of rotatable bonds is 5. The molecule has 0 spiro atoms. The van der Waals surface area contributed by atoms with Crippen LogP contribution in [0.2, 0.25) is 0 Å². The van der Waals surface area contributed by atoms with Crippen LogP contribution in [0.25, 0.3) is 0 Å². The van der Waals surface area contributed by atoms with E-state index in [4.69, 9.17) is 0 Å². The smallest absolute Gasteiger partial charge is 0.0359 e. The third-order valence-corrected chi connectivity index (χ3v) is 1.78. The van der Waals surface area contributed by atoms with Crippen LogP contribution in [0.3, 0.4) is 0 Å². The lowest BCUT2D eigenvalue weighted by atomic mass is 10.2. The third kappa shape index (κ3) is 4.16. The van der Waals surface area contributed by atoms with E-state index < -0.39 is 0 Å². The minimum Gasteiger partial charge on any atom is -0.389 e. The fourth-order valence-electron chi connectivity index (χ4n) is 1.03. The van der Waals surface area contributed by atoms with Crippen molar-refractivity contribution >= 4 is 5.71 Å². The standard InChI is InChI=1S/C10H20N2/c1-5-9(11-4)8-10(6-2)12-7-3/h8,12H,5-7H2,1-4H3. The van der Waals surface area contributed by atoms with Crippen LogP contribution in [-0.4, -0.2) is 19.3 Å². The highest BCUT2D eigenvalue weighted by Gasteiger charge is 1.93. The second-order valence-electron chi connectivity index (χ2n) is 2.62. The van der Waals surface area contributed by atoms with Gasteiger partial charge in [0.1, 0.15) is 0 Å². The molecule has 0 saturated carbocycles. The highest BCUT2D eigenvalue weighted by molar-refractivity contribution is 5.95. The molecule has 0 aromatic rings. The number of aliphatic imine (C=N–C) groups is 1. The summed E-state index contributed by atoms with van der Waals surface area (Å²) in [4.78, 5) is 4.18. The molecule has 0 atom stereocenters. The fraction of sp³-hybridized carbons (Fsp3) is 0.700. The Balaban J connectivity index is 4.24. The van der Waals surface area contributed by atoms with Crippen LogP contribution in [0.4, 0.5) is 0 Å². The van der Waals surface area contributed by atoms with Crippen molar-refractivity contribution in [3.8, 4) is 0 Å². The summed E-state index contributed by atoms with van der Waals surface area (Å²) in [6, 6.07) is 0. The van der Waals surface area contributed by atoms with Gasteiger partial charge in [-0.25, -0.2) is 0 Å². The predicted octanol–water partition coefficient (Wildman–Crippen LogP) is 2.37. The summed E-state index contributed by atoms with van der Waals surface area (Å²) in [5.74, 6) is 0. The average Bonchev–Trinajstić information content (AvgIpc) is 2.12. The van der Waals surface area contributed by atoms with E-state index in [1.165, 1.54) is 5.70 Å². The van der Waals surface area contributed by atoms with Gasteiger partial charge in [-0.05, 0) is 25.8 Å².